The van der Waals surface area contributed by atoms with Crippen LogP contribution in [0.3, 0.4) is 0 Å². The largest absolute Gasteiger partial charge is 0.480 e. The summed E-state index contributed by atoms with van der Waals surface area (Å²) in [7, 11) is 0. The maximum atomic E-state index is 10.5. The van der Waals surface area contributed by atoms with Crippen LogP contribution in [0.15, 0.2) is 24.3 Å². The van der Waals surface area contributed by atoms with Gasteiger partial charge in [0.15, 0.2) is 0 Å². The molecular formula is C10H12ClNO3. The lowest BCUT2D eigenvalue weighted by Gasteiger charge is -2.14. The van der Waals surface area contributed by atoms with Gasteiger partial charge in [0.05, 0.1) is 6.10 Å². The molecule has 0 aliphatic rings. The number of benzene rings is 1. The van der Waals surface area contributed by atoms with Gasteiger partial charge in [-0.1, -0.05) is 29.8 Å². The molecule has 1 rings (SSSR count). The molecule has 0 heterocycles. The van der Waals surface area contributed by atoms with Crippen molar-refractivity contribution in [2.45, 2.75) is 18.6 Å². The standard InChI is InChI=1S/C10H12ClNO3/c11-7-4-2-1-3-6(7)9(13)5-8(12)10(14)15/h1-4,8-9,13H,5,12H2,(H,14,15). The molecule has 4 N–H and O–H groups in total. The number of aliphatic hydroxyl groups is 1. The van der Waals surface area contributed by atoms with Crippen LogP contribution in [0.4, 0.5) is 0 Å². The Hall–Kier alpha value is -1.10. The van der Waals surface area contributed by atoms with Gasteiger partial charge < -0.3 is 15.9 Å². The topological polar surface area (TPSA) is 83.5 Å². The van der Waals surface area contributed by atoms with Crippen molar-refractivity contribution in [3.63, 3.8) is 0 Å². The lowest BCUT2D eigenvalue weighted by molar-refractivity contribution is -0.139. The van der Waals surface area contributed by atoms with Gasteiger partial charge >= 0.3 is 5.97 Å². The molecule has 1 aromatic rings. The van der Waals surface area contributed by atoms with E-state index < -0.39 is 18.1 Å². The van der Waals surface area contributed by atoms with Gasteiger partial charge in [-0.2, -0.15) is 0 Å². The quantitative estimate of drug-likeness (QED) is 0.724. The van der Waals surface area contributed by atoms with Crippen LogP contribution < -0.4 is 5.73 Å². The third kappa shape index (κ3) is 3.20. The van der Waals surface area contributed by atoms with Crippen LogP contribution in [0.5, 0.6) is 0 Å². The zero-order chi connectivity index (χ0) is 11.4. The fourth-order valence-electron chi connectivity index (χ4n) is 1.21. The minimum atomic E-state index is -1.14. The molecule has 0 saturated carbocycles. The molecule has 82 valence electrons. The van der Waals surface area contributed by atoms with Gasteiger partial charge in [0.2, 0.25) is 0 Å². The number of carbonyl (C=O) groups is 1. The van der Waals surface area contributed by atoms with E-state index in [1.807, 2.05) is 0 Å². The highest BCUT2D eigenvalue weighted by molar-refractivity contribution is 6.31. The van der Waals surface area contributed by atoms with Crippen molar-refractivity contribution >= 4 is 17.6 Å². The predicted molar refractivity (Wildman–Crippen MR) is 56.6 cm³/mol. The summed E-state index contributed by atoms with van der Waals surface area (Å²) in [6.45, 7) is 0. The Balaban J connectivity index is 2.73. The molecule has 0 bridgehead atoms. The number of rotatable bonds is 4. The van der Waals surface area contributed by atoms with Crippen LogP contribution >= 0.6 is 11.6 Å². The van der Waals surface area contributed by atoms with Gasteiger partial charge in [0.1, 0.15) is 6.04 Å². The molecule has 5 heteroatoms. The van der Waals surface area contributed by atoms with E-state index >= 15 is 0 Å². The van der Waals surface area contributed by atoms with Gasteiger partial charge in [-0.25, -0.2) is 0 Å². The third-order valence-corrected chi connectivity index (χ3v) is 2.40. The molecule has 2 atom stereocenters. The number of nitrogens with two attached hydrogens (primary N) is 1. The van der Waals surface area contributed by atoms with Crippen LogP contribution in [0.2, 0.25) is 5.02 Å². The Morgan fingerprint density at radius 2 is 2.07 bits per heavy atom. The molecule has 0 radical (unpaired) electrons. The van der Waals surface area contributed by atoms with Gasteiger partial charge in [-0.05, 0) is 11.6 Å². The lowest BCUT2D eigenvalue weighted by atomic mass is 10.0. The zero-order valence-corrected chi connectivity index (χ0v) is 8.69. The molecule has 0 aliphatic heterocycles. The zero-order valence-electron chi connectivity index (χ0n) is 7.93. The smallest absolute Gasteiger partial charge is 0.320 e. The highest BCUT2D eigenvalue weighted by Gasteiger charge is 2.19. The van der Waals surface area contributed by atoms with Crippen molar-refractivity contribution < 1.29 is 15.0 Å². The summed E-state index contributed by atoms with van der Waals surface area (Å²) in [5.74, 6) is -1.14. The van der Waals surface area contributed by atoms with Crippen molar-refractivity contribution in [3.8, 4) is 0 Å². The Kier molecular flexibility index (Phi) is 4.08. The van der Waals surface area contributed by atoms with Crippen molar-refractivity contribution in [3.05, 3.63) is 34.9 Å². The van der Waals surface area contributed by atoms with E-state index in [9.17, 15) is 9.90 Å². The summed E-state index contributed by atoms with van der Waals surface area (Å²) in [6, 6.07) is 5.64. The van der Waals surface area contributed by atoms with E-state index in [1.54, 1.807) is 24.3 Å². The average Bonchev–Trinajstić information content (AvgIpc) is 2.18. The summed E-state index contributed by atoms with van der Waals surface area (Å²) in [5, 5.41) is 18.7. The Labute approximate surface area is 92.3 Å². The number of hydrogen-bond acceptors (Lipinski definition) is 3. The molecular weight excluding hydrogens is 218 g/mol. The summed E-state index contributed by atoms with van der Waals surface area (Å²) >= 11 is 5.83. The predicted octanol–water partition coefficient (Wildman–Crippen LogP) is 1.18. The second-order valence-corrected chi connectivity index (χ2v) is 3.62. The molecule has 4 nitrogen and oxygen atoms in total. The highest BCUT2D eigenvalue weighted by Crippen LogP contribution is 2.25. The molecule has 15 heavy (non-hydrogen) atoms. The van der Waals surface area contributed by atoms with E-state index in [1.165, 1.54) is 0 Å². The number of aliphatic carboxylic acids is 1. The first-order valence-electron chi connectivity index (χ1n) is 4.43. The molecule has 0 aliphatic carbocycles. The molecule has 0 aromatic heterocycles. The van der Waals surface area contributed by atoms with Gasteiger partial charge in [0.25, 0.3) is 0 Å². The van der Waals surface area contributed by atoms with E-state index in [0.29, 0.717) is 10.6 Å². The van der Waals surface area contributed by atoms with Crippen molar-refractivity contribution in [1.82, 2.24) is 0 Å². The van der Waals surface area contributed by atoms with Crippen LogP contribution in [-0.4, -0.2) is 22.2 Å². The highest BCUT2D eigenvalue weighted by atomic mass is 35.5. The Morgan fingerprint density at radius 1 is 1.47 bits per heavy atom. The summed E-state index contributed by atoms with van der Waals surface area (Å²) < 4.78 is 0. The van der Waals surface area contributed by atoms with Crippen molar-refractivity contribution in [1.29, 1.82) is 0 Å². The third-order valence-electron chi connectivity index (χ3n) is 2.06. The first-order chi connectivity index (χ1) is 7.02. The monoisotopic (exact) mass is 229 g/mol. The first kappa shape index (κ1) is 12.0. The molecule has 0 spiro atoms. The van der Waals surface area contributed by atoms with Crippen molar-refractivity contribution in [2.75, 3.05) is 0 Å². The van der Waals surface area contributed by atoms with Gasteiger partial charge in [0, 0.05) is 11.4 Å². The van der Waals surface area contributed by atoms with Crippen LogP contribution in [-0.2, 0) is 4.79 Å². The van der Waals surface area contributed by atoms with Gasteiger partial charge in [-0.15, -0.1) is 0 Å². The second kappa shape index (κ2) is 5.11. The molecule has 1 aromatic carbocycles. The maximum absolute atomic E-state index is 10.5. The first-order valence-corrected chi connectivity index (χ1v) is 4.81. The Morgan fingerprint density at radius 3 is 2.60 bits per heavy atom. The average molecular weight is 230 g/mol. The molecule has 0 amide bonds. The van der Waals surface area contributed by atoms with E-state index in [-0.39, 0.29) is 6.42 Å². The normalized spacial score (nSPS) is 14.6. The van der Waals surface area contributed by atoms with Crippen LogP contribution in [0.25, 0.3) is 0 Å². The maximum Gasteiger partial charge on any atom is 0.320 e. The summed E-state index contributed by atoms with van der Waals surface area (Å²) in [4.78, 5) is 10.5. The van der Waals surface area contributed by atoms with E-state index in [0.717, 1.165) is 0 Å². The SMILES string of the molecule is NC(CC(O)c1ccccc1Cl)C(=O)O. The summed E-state index contributed by atoms with van der Waals surface area (Å²) in [5.41, 5.74) is 5.80. The molecule has 2 unspecified atom stereocenters. The molecule has 0 saturated heterocycles. The fourth-order valence-corrected chi connectivity index (χ4v) is 1.48. The summed E-state index contributed by atoms with van der Waals surface area (Å²) in [6.07, 6.45) is -1.01. The van der Waals surface area contributed by atoms with Crippen LogP contribution in [0, 0.1) is 0 Å². The van der Waals surface area contributed by atoms with E-state index in [4.69, 9.17) is 22.4 Å². The number of halogens is 1. The lowest BCUT2D eigenvalue weighted by Crippen LogP contribution is -2.31. The van der Waals surface area contributed by atoms with E-state index in [2.05, 4.69) is 0 Å². The Bertz CT molecular complexity index is 356. The van der Waals surface area contributed by atoms with Gasteiger partial charge in [-0.3, -0.25) is 4.79 Å². The number of carboxylic acid groups (broad SMARTS) is 1. The minimum Gasteiger partial charge on any atom is -0.480 e. The minimum absolute atomic E-state index is 0.0565. The van der Waals surface area contributed by atoms with Crippen LogP contribution in [0.1, 0.15) is 18.1 Å². The second-order valence-electron chi connectivity index (χ2n) is 3.22. The fraction of sp³-hybridized carbons (Fsp3) is 0.300. The number of carboxylic acids is 1. The number of aliphatic hydroxyl groups excluding tert-OH is 1. The number of hydrogen-bond donors (Lipinski definition) is 3. The molecule has 0 fully saturated rings. The van der Waals surface area contributed by atoms with Crippen molar-refractivity contribution in [2.24, 2.45) is 5.73 Å².